The molecule has 3 heteroatoms. The first-order valence-electron chi connectivity index (χ1n) is 5.30. The highest BCUT2D eigenvalue weighted by atomic mass is 19.1. The van der Waals surface area contributed by atoms with E-state index in [1.54, 1.807) is 0 Å². The smallest absolute Gasteiger partial charge is 0.117 e. The van der Waals surface area contributed by atoms with Crippen LogP contribution in [0.5, 0.6) is 0 Å². The fraction of sp³-hybridized carbons (Fsp3) is 1.00. The van der Waals surface area contributed by atoms with Crippen LogP contribution in [0.15, 0.2) is 0 Å². The second-order valence-electron chi connectivity index (χ2n) is 3.96. The lowest BCUT2D eigenvalue weighted by Crippen LogP contribution is -2.33. The second-order valence-corrected chi connectivity index (χ2v) is 3.96. The highest BCUT2D eigenvalue weighted by molar-refractivity contribution is 4.83. The van der Waals surface area contributed by atoms with Crippen LogP contribution in [0, 0.1) is 0 Å². The summed E-state index contributed by atoms with van der Waals surface area (Å²) in [4.78, 5) is 2.27. The Morgan fingerprint density at radius 3 is 2.77 bits per heavy atom. The van der Waals surface area contributed by atoms with Crippen molar-refractivity contribution >= 4 is 0 Å². The molecule has 0 aliphatic carbocycles. The fourth-order valence-corrected chi connectivity index (χ4v) is 1.87. The Balaban J connectivity index is 2.10. The van der Waals surface area contributed by atoms with Crippen LogP contribution in [0.1, 0.15) is 26.2 Å². The van der Waals surface area contributed by atoms with Gasteiger partial charge in [-0.2, -0.15) is 0 Å². The molecule has 78 valence electrons. The zero-order valence-corrected chi connectivity index (χ0v) is 8.72. The van der Waals surface area contributed by atoms with Gasteiger partial charge in [0.15, 0.2) is 0 Å². The molecule has 1 rings (SSSR count). The number of rotatable bonds is 5. The molecule has 2 unspecified atom stereocenters. The first kappa shape index (κ1) is 10.9. The average molecular weight is 188 g/mol. The van der Waals surface area contributed by atoms with Crippen molar-refractivity contribution in [2.45, 2.75) is 38.4 Å². The van der Waals surface area contributed by atoms with E-state index in [0.717, 1.165) is 26.1 Å². The quantitative estimate of drug-likeness (QED) is 0.702. The minimum absolute atomic E-state index is 0.110. The van der Waals surface area contributed by atoms with Crippen molar-refractivity contribution in [3.63, 3.8) is 0 Å². The maximum absolute atomic E-state index is 13.1. The molecular weight excluding hydrogens is 167 g/mol. The third-order valence-corrected chi connectivity index (χ3v) is 2.69. The summed E-state index contributed by atoms with van der Waals surface area (Å²) in [5.41, 5.74) is 0. The molecule has 1 saturated heterocycles. The van der Waals surface area contributed by atoms with Gasteiger partial charge in [-0.05, 0) is 45.9 Å². The number of hydrogen-bond acceptors (Lipinski definition) is 2. The van der Waals surface area contributed by atoms with E-state index < -0.39 is 6.17 Å². The fourth-order valence-electron chi connectivity index (χ4n) is 1.87. The minimum atomic E-state index is -0.616. The van der Waals surface area contributed by atoms with Gasteiger partial charge >= 0.3 is 0 Å². The van der Waals surface area contributed by atoms with E-state index in [1.807, 2.05) is 0 Å². The zero-order chi connectivity index (χ0) is 9.68. The molecule has 0 aromatic carbocycles. The molecule has 1 N–H and O–H groups in total. The summed E-state index contributed by atoms with van der Waals surface area (Å²) in [7, 11) is 2.10. The molecule has 1 heterocycles. The lowest BCUT2D eigenvalue weighted by molar-refractivity contribution is 0.255. The van der Waals surface area contributed by atoms with Crippen LogP contribution in [0.4, 0.5) is 4.39 Å². The van der Waals surface area contributed by atoms with Gasteiger partial charge in [-0.1, -0.05) is 6.92 Å². The predicted octanol–water partition coefficient (Wildman–Crippen LogP) is 1.42. The van der Waals surface area contributed by atoms with E-state index in [4.69, 9.17) is 0 Å². The van der Waals surface area contributed by atoms with Crippen LogP contribution in [-0.4, -0.2) is 43.8 Å². The van der Waals surface area contributed by atoms with Crippen molar-refractivity contribution in [3.05, 3.63) is 0 Å². The number of hydrogen-bond donors (Lipinski definition) is 1. The summed E-state index contributed by atoms with van der Waals surface area (Å²) < 4.78 is 13.1. The van der Waals surface area contributed by atoms with Crippen molar-refractivity contribution in [2.75, 3.05) is 26.7 Å². The van der Waals surface area contributed by atoms with Gasteiger partial charge in [0, 0.05) is 6.04 Å². The SMILES string of the molecule is CCCN(C)CCC1NCCC1F. The molecule has 0 spiro atoms. The molecule has 0 aromatic rings. The number of halogens is 1. The van der Waals surface area contributed by atoms with Gasteiger partial charge in [-0.25, -0.2) is 4.39 Å². The van der Waals surface area contributed by atoms with Crippen LogP contribution in [0.3, 0.4) is 0 Å². The van der Waals surface area contributed by atoms with Crippen LogP contribution in [0.2, 0.25) is 0 Å². The van der Waals surface area contributed by atoms with Crippen molar-refractivity contribution < 1.29 is 4.39 Å². The third kappa shape index (κ3) is 3.61. The summed E-state index contributed by atoms with van der Waals surface area (Å²) >= 11 is 0. The van der Waals surface area contributed by atoms with Crippen molar-refractivity contribution in [1.82, 2.24) is 10.2 Å². The first-order valence-corrected chi connectivity index (χ1v) is 5.30. The van der Waals surface area contributed by atoms with Gasteiger partial charge < -0.3 is 10.2 Å². The van der Waals surface area contributed by atoms with E-state index in [9.17, 15) is 4.39 Å². The second kappa shape index (κ2) is 5.55. The molecule has 1 aliphatic heterocycles. The zero-order valence-electron chi connectivity index (χ0n) is 8.72. The Labute approximate surface area is 80.5 Å². The molecule has 13 heavy (non-hydrogen) atoms. The summed E-state index contributed by atoms with van der Waals surface area (Å²) in [6.45, 7) is 5.14. The van der Waals surface area contributed by atoms with E-state index >= 15 is 0 Å². The molecule has 0 bridgehead atoms. The molecule has 0 amide bonds. The van der Waals surface area contributed by atoms with Crippen molar-refractivity contribution in [2.24, 2.45) is 0 Å². The monoisotopic (exact) mass is 188 g/mol. The number of alkyl halides is 1. The van der Waals surface area contributed by atoms with Gasteiger partial charge in [0.25, 0.3) is 0 Å². The Morgan fingerprint density at radius 2 is 2.23 bits per heavy atom. The average Bonchev–Trinajstić information content (AvgIpc) is 2.48. The van der Waals surface area contributed by atoms with E-state index in [0.29, 0.717) is 6.42 Å². The molecule has 1 aliphatic rings. The maximum atomic E-state index is 13.1. The first-order chi connectivity index (χ1) is 6.24. The standard InChI is InChI=1S/C10H21FN2/c1-3-7-13(2)8-5-10-9(11)4-6-12-10/h9-10,12H,3-8H2,1-2H3. The van der Waals surface area contributed by atoms with E-state index in [1.165, 1.54) is 6.42 Å². The summed E-state index contributed by atoms with van der Waals surface area (Å²) in [6, 6.07) is 0.110. The molecule has 0 aromatic heterocycles. The van der Waals surface area contributed by atoms with Crippen LogP contribution in [-0.2, 0) is 0 Å². The minimum Gasteiger partial charge on any atom is -0.311 e. The highest BCUT2D eigenvalue weighted by Gasteiger charge is 2.25. The van der Waals surface area contributed by atoms with Crippen molar-refractivity contribution in [1.29, 1.82) is 0 Å². The van der Waals surface area contributed by atoms with Gasteiger partial charge in [-0.15, -0.1) is 0 Å². The largest absolute Gasteiger partial charge is 0.311 e. The maximum Gasteiger partial charge on any atom is 0.117 e. The molecule has 2 atom stereocenters. The Bertz CT molecular complexity index is 141. The summed E-state index contributed by atoms with van der Waals surface area (Å²) in [5.74, 6) is 0. The molecule has 0 radical (unpaired) electrons. The Morgan fingerprint density at radius 1 is 1.46 bits per heavy atom. The highest BCUT2D eigenvalue weighted by Crippen LogP contribution is 2.14. The molecule has 2 nitrogen and oxygen atoms in total. The molecule has 0 saturated carbocycles. The summed E-state index contributed by atoms with van der Waals surface area (Å²) in [6.07, 6.45) is 2.20. The van der Waals surface area contributed by atoms with Gasteiger partial charge in [-0.3, -0.25) is 0 Å². The third-order valence-electron chi connectivity index (χ3n) is 2.69. The van der Waals surface area contributed by atoms with Crippen LogP contribution >= 0.6 is 0 Å². The normalized spacial score (nSPS) is 28.6. The predicted molar refractivity (Wildman–Crippen MR) is 53.7 cm³/mol. The lowest BCUT2D eigenvalue weighted by atomic mass is 10.1. The van der Waals surface area contributed by atoms with Crippen molar-refractivity contribution in [3.8, 4) is 0 Å². The molecule has 1 fully saturated rings. The van der Waals surface area contributed by atoms with Gasteiger partial charge in [0.1, 0.15) is 6.17 Å². The van der Waals surface area contributed by atoms with E-state index in [-0.39, 0.29) is 6.04 Å². The van der Waals surface area contributed by atoms with Gasteiger partial charge in [0.05, 0.1) is 0 Å². The Hall–Kier alpha value is -0.150. The number of nitrogens with one attached hydrogen (secondary N) is 1. The summed E-state index contributed by atoms with van der Waals surface area (Å²) in [5, 5.41) is 3.20. The van der Waals surface area contributed by atoms with Gasteiger partial charge in [0.2, 0.25) is 0 Å². The molecular formula is C10H21FN2. The lowest BCUT2D eigenvalue weighted by Gasteiger charge is -2.19. The topological polar surface area (TPSA) is 15.3 Å². The van der Waals surface area contributed by atoms with E-state index in [2.05, 4.69) is 24.2 Å². The number of nitrogens with zero attached hydrogens (tertiary/aromatic N) is 1. The van der Waals surface area contributed by atoms with Crippen LogP contribution < -0.4 is 5.32 Å². The van der Waals surface area contributed by atoms with Crippen LogP contribution in [0.25, 0.3) is 0 Å². The Kier molecular flexibility index (Phi) is 4.67.